The van der Waals surface area contributed by atoms with Crippen LogP contribution in [-0.2, 0) is 14.8 Å². The molecule has 7 heteroatoms. The number of carbonyl (C=O) groups excluding carboxylic acids is 1. The summed E-state index contributed by atoms with van der Waals surface area (Å²) in [5.41, 5.74) is 0. The van der Waals surface area contributed by atoms with Crippen molar-refractivity contribution in [2.75, 3.05) is 25.9 Å². The van der Waals surface area contributed by atoms with Gasteiger partial charge in [-0.25, -0.2) is 13.1 Å². The topological polar surface area (TPSA) is 78.5 Å². The van der Waals surface area contributed by atoms with E-state index in [1.165, 1.54) is 0 Å². The first-order valence-electron chi connectivity index (χ1n) is 7.31. The van der Waals surface area contributed by atoms with Crippen LogP contribution in [0.25, 0.3) is 0 Å². The second kappa shape index (κ2) is 7.95. The SMILES string of the molecule is CCNC(C)CC(=O)N1CCCCC1CNS(C)(=O)=O. The Morgan fingerprint density at radius 3 is 2.70 bits per heavy atom. The lowest BCUT2D eigenvalue weighted by Crippen LogP contribution is -2.50. The molecule has 1 amide bonds. The summed E-state index contributed by atoms with van der Waals surface area (Å²) < 4.78 is 24.9. The van der Waals surface area contributed by atoms with Gasteiger partial charge in [-0.05, 0) is 32.7 Å². The maximum atomic E-state index is 12.3. The standard InChI is InChI=1S/C13H27N3O3S/c1-4-14-11(2)9-13(17)16-8-6-5-7-12(16)10-15-20(3,18)19/h11-12,14-15H,4-10H2,1-3H3. The van der Waals surface area contributed by atoms with Crippen molar-refractivity contribution in [3.05, 3.63) is 0 Å². The van der Waals surface area contributed by atoms with Crippen molar-refractivity contribution in [2.45, 2.75) is 51.6 Å². The highest BCUT2D eigenvalue weighted by Crippen LogP contribution is 2.18. The lowest BCUT2D eigenvalue weighted by molar-refractivity contribution is -0.135. The number of nitrogens with one attached hydrogen (secondary N) is 2. The molecule has 0 saturated carbocycles. The fourth-order valence-corrected chi connectivity index (χ4v) is 3.08. The van der Waals surface area contributed by atoms with Crippen molar-refractivity contribution in [3.8, 4) is 0 Å². The van der Waals surface area contributed by atoms with Gasteiger partial charge in [0.2, 0.25) is 15.9 Å². The van der Waals surface area contributed by atoms with Gasteiger partial charge in [0.25, 0.3) is 0 Å². The van der Waals surface area contributed by atoms with Crippen molar-refractivity contribution in [3.63, 3.8) is 0 Å². The van der Waals surface area contributed by atoms with Crippen molar-refractivity contribution in [2.24, 2.45) is 0 Å². The van der Waals surface area contributed by atoms with Gasteiger partial charge < -0.3 is 10.2 Å². The minimum Gasteiger partial charge on any atom is -0.338 e. The molecule has 2 atom stereocenters. The van der Waals surface area contributed by atoms with Crippen LogP contribution >= 0.6 is 0 Å². The number of sulfonamides is 1. The van der Waals surface area contributed by atoms with Crippen LogP contribution in [0.15, 0.2) is 0 Å². The highest BCUT2D eigenvalue weighted by atomic mass is 32.2. The molecule has 1 rings (SSSR count). The number of carbonyl (C=O) groups is 1. The Kier molecular flexibility index (Phi) is 6.91. The normalized spacial score (nSPS) is 21.8. The number of amides is 1. The Bertz CT molecular complexity index is 411. The van der Waals surface area contributed by atoms with E-state index in [4.69, 9.17) is 0 Å². The summed E-state index contributed by atoms with van der Waals surface area (Å²) in [5.74, 6) is 0.110. The van der Waals surface area contributed by atoms with E-state index >= 15 is 0 Å². The summed E-state index contributed by atoms with van der Waals surface area (Å²) in [5, 5.41) is 3.23. The molecule has 0 bridgehead atoms. The van der Waals surface area contributed by atoms with Crippen LogP contribution in [0.3, 0.4) is 0 Å². The molecule has 0 aromatic heterocycles. The molecule has 118 valence electrons. The minimum atomic E-state index is -3.20. The van der Waals surface area contributed by atoms with Crippen LogP contribution in [0.5, 0.6) is 0 Å². The third-order valence-electron chi connectivity index (χ3n) is 3.56. The van der Waals surface area contributed by atoms with Crippen molar-refractivity contribution >= 4 is 15.9 Å². The molecule has 1 heterocycles. The van der Waals surface area contributed by atoms with Crippen molar-refractivity contribution in [1.29, 1.82) is 0 Å². The van der Waals surface area contributed by atoms with Crippen LogP contribution in [0.2, 0.25) is 0 Å². The largest absolute Gasteiger partial charge is 0.338 e. The summed E-state index contributed by atoms with van der Waals surface area (Å²) in [4.78, 5) is 14.2. The number of nitrogens with zero attached hydrogens (tertiary/aromatic N) is 1. The van der Waals surface area contributed by atoms with E-state index in [9.17, 15) is 13.2 Å². The third-order valence-corrected chi connectivity index (χ3v) is 4.25. The molecule has 0 aromatic carbocycles. The zero-order chi connectivity index (χ0) is 15.2. The highest BCUT2D eigenvalue weighted by molar-refractivity contribution is 7.88. The molecular weight excluding hydrogens is 278 g/mol. The van der Waals surface area contributed by atoms with E-state index in [0.29, 0.717) is 13.0 Å². The van der Waals surface area contributed by atoms with E-state index in [0.717, 1.165) is 38.6 Å². The average Bonchev–Trinajstić information content (AvgIpc) is 2.36. The molecule has 0 spiro atoms. The van der Waals surface area contributed by atoms with Gasteiger partial charge in [0.1, 0.15) is 0 Å². The number of hydrogen-bond acceptors (Lipinski definition) is 4. The number of hydrogen-bond donors (Lipinski definition) is 2. The molecule has 1 fully saturated rings. The first kappa shape index (κ1) is 17.4. The van der Waals surface area contributed by atoms with Gasteiger partial charge in [-0.2, -0.15) is 0 Å². The van der Waals surface area contributed by atoms with Crippen LogP contribution in [0.4, 0.5) is 0 Å². The Morgan fingerprint density at radius 2 is 2.10 bits per heavy atom. The molecule has 1 aliphatic heterocycles. The minimum absolute atomic E-state index is 0.0141. The van der Waals surface area contributed by atoms with Crippen molar-refractivity contribution in [1.82, 2.24) is 14.9 Å². The molecule has 2 unspecified atom stereocenters. The maximum absolute atomic E-state index is 12.3. The third kappa shape index (κ3) is 6.19. The molecule has 0 radical (unpaired) electrons. The quantitative estimate of drug-likeness (QED) is 0.709. The summed E-state index contributed by atoms with van der Waals surface area (Å²) in [6, 6.07) is 0.137. The molecule has 2 N–H and O–H groups in total. The molecular formula is C13H27N3O3S. The molecule has 6 nitrogen and oxygen atoms in total. The highest BCUT2D eigenvalue weighted by Gasteiger charge is 2.27. The van der Waals surface area contributed by atoms with Gasteiger partial charge in [0, 0.05) is 31.6 Å². The summed E-state index contributed by atoms with van der Waals surface area (Å²) in [7, 11) is -3.20. The van der Waals surface area contributed by atoms with Crippen LogP contribution < -0.4 is 10.0 Å². The number of piperidine rings is 1. The first-order valence-corrected chi connectivity index (χ1v) is 9.20. The van der Waals surface area contributed by atoms with Crippen LogP contribution in [-0.4, -0.2) is 57.2 Å². The Morgan fingerprint density at radius 1 is 1.40 bits per heavy atom. The average molecular weight is 305 g/mol. The molecule has 1 aliphatic rings. The van der Waals surface area contributed by atoms with E-state index in [1.807, 2.05) is 18.7 Å². The lowest BCUT2D eigenvalue weighted by Gasteiger charge is -2.36. The summed E-state index contributed by atoms with van der Waals surface area (Å²) in [6.45, 7) is 5.90. The zero-order valence-corrected chi connectivity index (χ0v) is 13.5. The van der Waals surface area contributed by atoms with Gasteiger partial charge in [0.15, 0.2) is 0 Å². The van der Waals surface area contributed by atoms with Gasteiger partial charge in [-0.15, -0.1) is 0 Å². The van der Waals surface area contributed by atoms with Crippen LogP contribution in [0, 0.1) is 0 Å². The summed E-state index contributed by atoms with van der Waals surface area (Å²) >= 11 is 0. The Balaban J connectivity index is 2.56. The van der Waals surface area contributed by atoms with E-state index < -0.39 is 10.0 Å². The molecule has 1 saturated heterocycles. The first-order chi connectivity index (χ1) is 9.33. The summed E-state index contributed by atoms with van der Waals surface area (Å²) in [6.07, 6.45) is 4.52. The van der Waals surface area contributed by atoms with Crippen LogP contribution in [0.1, 0.15) is 39.5 Å². The zero-order valence-electron chi connectivity index (χ0n) is 12.7. The van der Waals surface area contributed by atoms with Crippen molar-refractivity contribution < 1.29 is 13.2 Å². The number of likely N-dealkylation sites (tertiary alicyclic amines) is 1. The van der Waals surface area contributed by atoms with Gasteiger partial charge in [-0.3, -0.25) is 4.79 Å². The molecule has 0 aromatic rings. The monoisotopic (exact) mass is 305 g/mol. The molecule has 0 aliphatic carbocycles. The Hall–Kier alpha value is -0.660. The van der Waals surface area contributed by atoms with Gasteiger partial charge >= 0.3 is 0 Å². The lowest BCUT2D eigenvalue weighted by atomic mass is 10.0. The Labute approximate surface area is 122 Å². The maximum Gasteiger partial charge on any atom is 0.224 e. The van der Waals surface area contributed by atoms with E-state index in [1.54, 1.807) is 0 Å². The molecule has 20 heavy (non-hydrogen) atoms. The second-order valence-corrected chi connectivity index (χ2v) is 7.35. The van der Waals surface area contributed by atoms with E-state index in [-0.39, 0.29) is 18.0 Å². The van der Waals surface area contributed by atoms with Gasteiger partial charge in [-0.1, -0.05) is 6.92 Å². The second-order valence-electron chi connectivity index (χ2n) is 5.52. The fraction of sp³-hybridized carbons (Fsp3) is 0.923. The predicted molar refractivity (Wildman–Crippen MR) is 80.0 cm³/mol. The number of rotatable bonds is 7. The van der Waals surface area contributed by atoms with Gasteiger partial charge in [0.05, 0.1) is 6.26 Å². The smallest absolute Gasteiger partial charge is 0.224 e. The predicted octanol–water partition coefficient (Wildman–Crippen LogP) is 0.305. The van der Waals surface area contributed by atoms with E-state index in [2.05, 4.69) is 10.0 Å². The fourth-order valence-electron chi connectivity index (χ4n) is 2.59.